The van der Waals surface area contributed by atoms with Crippen molar-refractivity contribution in [1.82, 2.24) is 10.2 Å². The van der Waals surface area contributed by atoms with Gasteiger partial charge in [-0.2, -0.15) is 0 Å². The lowest BCUT2D eigenvalue weighted by Gasteiger charge is -2.39. The van der Waals surface area contributed by atoms with Gasteiger partial charge in [-0.15, -0.1) is 12.4 Å². The molecule has 0 radical (unpaired) electrons. The van der Waals surface area contributed by atoms with Gasteiger partial charge in [0.15, 0.2) is 0 Å². The molecule has 2 atom stereocenters. The highest BCUT2D eigenvalue weighted by molar-refractivity contribution is 5.85. The molecule has 1 aliphatic heterocycles. The minimum absolute atomic E-state index is 0. The van der Waals surface area contributed by atoms with Crippen LogP contribution >= 0.6 is 12.4 Å². The molecule has 1 N–H and O–H groups in total. The Balaban J connectivity index is 0.00000144. The summed E-state index contributed by atoms with van der Waals surface area (Å²) >= 11 is 0. The summed E-state index contributed by atoms with van der Waals surface area (Å²) < 4.78 is 0. The van der Waals surface area contributed by atoms with E-state index in [9.17, 15) is 4.79 Å². The molecule has 0 aromatic heterocycles. The zero-order chi connectivity index (χ0) is 9.14. The van der Waals surface area contributed by atoms with Crippen LogP contribution in [0.25, 0.3) is 0 Å². The molecule has 3 nitrogen and oxygen atoms in total. The zero-order valence-corrected chi connectivity index (χ0v) is 9.36. The number of hydrogen-bond acceptors (Lipinski definition) is 2. The van der Waals surface area contributed by atoms with E-state index in [2.05, 4.69) is 19.2 Å². The summed E-state index contributed by atoms with van der Waals surface area (Å²) in [6.45, 7) is 7.96. The number of hydrogen-bond donors (Lipinski definition) is 1. The first kappa shape index (κ1) is 12.7. The topological polar surface area (TPSA) is 32.3 Å². The summed E-state index contributed by atoms with van der Waals surface area (Å²) in [4.78, 5) is 13.5. The van der Waals surface area contributed by atoms with Gasteiger partial charge >= 0.3 is 0 Å². The molecule has 1 rings (SSSR count). The lowest BCUT2D eigenvalue weighted by molar-refractivity contribution is -0.136. The Morgan fingerprint density at radius 1 is 1.38 bits per heavy atom. The Hall–Kier alpha value is -0.280. The van der Waals surface area contributed by atoms with Crippen molar-refractivity contribution >= 4 is 18.3 Å². The Kier molecular flexibility index (Phi) is 5.33. The van der Waals surface area contributed by atoms with Crippen molar-refractivity contribution in [3.8, 4) is 0 Å². The number of carbonyl (C=O) groups is 1. The van der Waals surface area contributed by atoms with Crippen LogP contribution in [0.2, 0.25) is 0 Å². The Morgan fingerprint density at radius 2 is 1.85 bits per heavy atom. The van der Waals surface area contributed by atoms with Crippen molar-refractivity contribution in [1.29, 1.82) is 0 Å². The van der Waals surface area contributed by atoms with E-state index in [1.165, 1.54) is 0 Å². The first-order chi connectivity index (χ1) is 5.66. The van der Waals surface area contributed by atoms with Crippen molar-refractivity contribution in [2.45, 2.75) is 39.3 Å². The molecule has 0 aromatic rings. The molecule has 4 heteroatoms. The van der Waals surface area contributed by atoms with E-state index in [1.54, 1.807) is 0 Å². The molecule has 1 saturated heterocycles. The smallest absolute Gasteiger partial charge is 0.222 e. The molecule has 1 aliphatic rings. The predicted octanol–water partition coefficient (Wildman–Crippen LogP) is 1.03. The summed E-state index contributed by atoms with van der Waals surface area (Å²) in [6, 6.07) is 0.697. The largest absolute Gasteiger partial charge is 0.335 e. The van der Waals surface area contributed by atoms with Crippen LogP contribution in [0.1, 0.15) is 27.2 Å². The average molecular weight is 207 g/mol. The Labute approximate surface area is 86.3 Å². The third-order valence-corrected chi connectivity index (χ3v) is 2.42. The van der Waals surface area contributed by atoms with Gasteiger partial charge in [0.2, 0.25) is 5.91 Å². The van der Waals surface area contributed by atoms with E-state index < -0.39 is 0 Å². The Morgan fingerprint density at radius 3 is 2.23 bits per heavy atom. The maximum atomic E-state index is 11.5. The van der Waals surface area contributed by atoms with Gasteiger partial charge in [-0.1, -0.05) is 6.92 Å². The summed E-state index contributed by atoms with van der Waals surface area (Å²) in [5, 5.41) is 3.30. The van der Waals surface area contributed by atoms with E-state index in [0.717, 1.165) is 13.1 Å². The van der Waals surface area contributed by atoms with E-state index in [1.807, 2.05) is 11.8 Å². The molecule has 1 amide bonds. The van der Waals surface area contributed by atoms with Crippen LogP contribution < -0.4 is 5.32 Å². The van der Waals surface area contributed by atoms with Gasteiger partial charge in [0, 0.05) is 31.6 Å². The van der Waals surface area contributed by atoms with Crippen LogP contribution in [-0.4, -0.2) is 36.0 Å². The minimum atomic E-state index is 0. The van der Waals surface area contributed by atoms with Crippen molar-refractivity contribution in [3.05, 3.63) is 0 Å². The summed E-state index contributed by atoms with van der Waals surface area (Å²) in [5.41, 5.74) is 0. The number of piperazine rings is 1. The van der Waals surface area contributed by atoms with Crippen LogP contribution in [0.15, 0.2) is 0 Å². The predicted molar refractivity (Wildman–Crippen MR) is 56.2 cm³/mol. The van der Waals surface area contributed by atoms with Crippen LogP contribution in [0.3, 0.4) is 0 Å². The van der Waals surface area contributed by atoms with Crippen LogP contribution in [0, 0.1) is 0 Å². The Bertz CT molecular complexity index is 165. The van der Waals surface area contributed by atoms with E-state index in [0.29, 0.717) is 18.5 Å². The third-order valence-electron chi connectivity index (χ3n) is 2.42. The zero-order valence-electron chi connectivity index (χ0n) is 8.54. The maximum Gasteiger partial charge on any atom is 0.222 e. The summed E-state index contributed by atoms with van der Waals surface area (Å²) in [5.74, 6) is 0.275. The molecular formula is C9H19ClN2O. The van der Waals surface area contributed by atoms with Crippen molar-refractivity contribution in [3.63, 3.8) is 0 Å². The molecular weight excluding hydrogens is 188 g/mol. The summed E-state index contributed by atoms with van der Waals surface area (Å²) in [7, 11) is 0. The molecule has 13 heavy (non-hydrogen) atoms. The lowest BCUT2D eigenvalue weighted by atomic mass is 10.1. The molecule has 1 heterocycles. The fourth-order valence-corrected chi connectivity index (χ4v) is 1.81. The second-order valence-electron chi connectivity index (χ2n) is 3.51. The van der Waals surface area contributed by atoms with Gasteiger partial charge in [-0.3, -0.25) is 4.79 Å². The van der Waals surface area contributed by atoms with E-state index >= 15 is 0 Å². The fourth-order valence-electron chi connectivity index (χ4n) is 1.81. The molecule has 0 bridgehead atoms. The fraction of sp³-hybridized carbons (Fsp3) is 0.889. The molecule has 0 unspecified atom stereocenters. The normalized spacial score (nSPS) is 28.1. The monoisotopic (exact) mass is 206 g/mol. The van der Waals surface area contributed by atoms with E-state index in [-0.39, 0.29) is 18.3 Å². The highest BCUT2D eigenvalue weighted by Crippen LogP contribution is 2.10. The van der Waals surface area contributed by atoms with Gasteiger partial charge in [0.1, 0.15) is 0 Å². The number of nitrogens with zero attached hydrogens (tertiary/aromatic N) is 1. The van der Waals surface area contributed by atoms with Crippen LogP contribution in [0.4, 0.5) is 0 Å². The first-order valence-electron chi connectivity index (χ1n) is 4.68. The number of carbonyl (C=O) groups excluding carboxylic acids is 1. The number of nitrogens with one attached hydrogen (secondary N) is 1. The highest BCUT2D eigenvalue weighted by atomic mass is 35.5. The van der Waals surface area contributed by atoms with Gasteiger partial charge in [0.05, 0.1) is 0 Å². The quantitative estimate of drug-likeness (QED) is 0.695. The molecule has 0 saturated carbocycles. The molecule has 0 spiro atoms. The van der Waals surface area contributed by atoms with Gasteiger partial charge in [-0.25, -0.2) is 0 Å². The number of halogens is 1. The molecule has 0 aliphatic carbocycles. The van der Waals surface area contributed by atoms with Gasteiger partial charge in [0.25, 0.3) is 0 Å². The highest BCUT2D eigenvalue weighted by Gasteiger charge is 2.27. The minimum Gasteiger partial charge on any atom is -0.335 e. The summed E-state index contributed by atoms with van der Waals surface area (Å²) in [6.07, 6.45) is 0.620. The SMILES string of the molecule is CCC(=O)N1[C@H](C)CNC[C@@H]1C.Cl. The second kappa shape index (κ2) is 5.45. The third kappa shape index (κ3) is 2.85. The number of amides is 1. The van der Waals surface area contributed by atoms with Gasteiger partial charge < -0.3 is 10.2 Å². The molecule has 0 aromatic carbocycles. The molecule has 1 fully saturated rings. The number of rotatable bonds is 1. The standard InChI is InChI=1S/C9H18N2O.ClH/c1-4-9(12)11-7(2)5-10-6-8(11)3;/h7-8,10H,4-6H2,1-3H3;1H/t7-,8+;. The maximum absolute atomic E-state index is 11.5. The van der Waals surface area contributed by atoms with Crippen molar-refractivity contribution in [2.24, 2.45) is 0 Å². The second-order valence-corrected chi connectivity index (χ2v) is 3.51. The van der Waals surface area contributed by atoms with Gasteiger partial charge in [-0.05, 0) is 13.8 Å². The van der Waals surface area contributed by atoms with Crippen LogP contribution in [-0.2, 0) is 4.79 Å². The first-order valence-corrected chi connectivity index (χ1v) is 4.68. The average Bonchev–Trinajstić information content (AvgIpc) is 2.03. The molecule has 78 valence electrons. The van der Waals surface area contributed by atoms with Crippen LogP contribution in [0.5, 0.6) is 0 Å². The lowest BCUT2D eigenvalue weighted by Crippen LogP contribution is -2.57. The van der Waals surface area contributed by atoms with Crippen molar-refractivity contribution in [2.75, 3.05) is 13.1 Å². The van der Waals surface area contributed by atoms with Crippen molar-refractivity contribution < 1.29 is 4.79 Å². The van der Waals surface area contributed by atoms with E-state index in [4.69, 9.17) is 0 Å².